The fourth-order valence-electron chi connectivity index (χ4n) is 12.2. The Kier molecular flexibility index (Phi) is 35.4. The van der Waals surface area contributed by atoms with Crippen LogP contribution in [-0.2, 0) is 176 Å². The van der Waals surface area contributed by atoms with Crippen molar-refractivity contribution in [2.75, 3.05) is 0 Å². The molecule has 5 heterocycles. The van der Waals surface area contributed by atoms with Crippen LogP contribution in [0, 0.1) is 47.3 Å². The maximum Gasteiger partial charge on any atom is 0.0653 e. The fraction of sp³-hybridized carbons (Fsp3) is 1.00. The van der Waals surface area contributed by atoms with Gasteiger partial charge in [-0.2, -0.15) is 0 Å². The molecule has 0 spiro atoms. The van der Waals surface area contributed by atoms with Crippen LogP contribution in [0.1, 0.15) is 96.3 Å². The van der Waals surface area contributed by atoms with Gasteiger partial charge in [0.05, 0.1) is 60.3 Å². The van der Waals surface area contributed by atoms with Gasteiger partial charge in [0.2, 0.25) is 0 Å². The van der Waals surface area contributed by atoms with Gasteiger partial charge in [0, 0.05) is 106 Å². The first-order valence-corrected chi connectivity index (χ1v) is 30.3. The van der Waals surface area contributed by atoms with E-state index in [-0.39, 0.29) is 59.9 Å². The van der Waals surface area contributed by atoms with Gasteiger partial charge in [0.1, 0.15) is 0 Å². The Bertz CT molecular complexity index is 2050. The third-order valence-electron chi connectivity index (χ3n) is 14.0. The molecule has 0 amide bonds. The van der Waals surface area contributed by atoms with Gasteiger partial charge in [0.15, 0.2) is 0 Å². The molecule has 1 radical (unpaired) electrons. The van der Waals surface area contributed by atoms with Gasteiger partial charge in [-0.3, -0.25) is 42.5 Å². The normalized spacial score (nSPS) is 36.6. The first-order chi connectivity index (χ1) is 33.7. The van der Waals surface area contributed by atoms with Gasteiger partial charge >= 0.3 is 0 Å². The van der Waals surface area contributed by atoms with Crippen LogP contribution in [0.25, 0.3) is 0 Å². The van der Waals surface area contributed by atoms with Crippen molar-refractivity contribution < 1.29 is 120 Å². The molecule has 9 aliphatic rings. The van der Waals surface area contributed by atoms with Gasteiger partial charge in [-0.1, -0.05) is 44.9 Å². The summed E-state index contributed by atoms with van der Waals surface area (Å²) in [7, 11) is -22.5. The number of hydrogen-bond acceptors (Lipinski definition) is 33. The Hall–Kier alpha value is -0.521. The predicted molar refractivity (Wildman–Crippen MR) is 246 cm³/mol. The van der Waals surface area contributed by atoms with Crippen LogP contribution in [-0.4, -0.2) is 87.3 Å². The molecular weight excluding hydrogens is 1200 g/mol. The molecule has 17 atom stereocenters. The van der Waals surface area contributed by atoms with Gasteiger partial charge in [0.25, 0.3) is 0 Å². The molecule has 0 aromatic carbocycles. The van der Waals surface area contributed by atoms with Crippen molar-refractivity contribution in [2.45, 2.75) is 152 Å². The third kappa shape index (κ3) is 26.3. The van der Waals surface area contributed by atoms with Crippen LogP contribution in [0.15, 0.2) is 0 Å². The van der Waals surface area contributed by atoms with Crippen molar-refractivity contribution in [3.8, 4) is 0 Å². The predicted octanol–water partition coefficient (Wildman–Crippen LogP) is 0.203. The maximum atomic E-state index is 11.8. The molecule has 9 fully saturated rings. The average molecular weight is 1260 g/mol. The summed E-state index contributed by atoms with van der Waals surface area (Å²) < 4.78 is 198. The van der Waals surface area contributed by atoms with Crippen molar-refractivity contribution in [3.05, 3.63) is 0 Å². The summed E-state index contributed by atoms with van der Waals surface area (Å²) in [6.45, 7) is 0. The van der Waals surface area contributed by atoms with Gasteiger partial charge in [-0.05, 0) is 92.8 Å². The second-order valence-electron chi connectivity index (χ2n) is 17.5. The second kappa shape index (κ2) is 36.6. The summed E-state index contributed by atoms with van der Waals surface area (Å²) in [6, 6.07) is 0. The summed E-state index contributed by atoms with van der Waals surface area (Å²) in [5, 5.41) is 32.9. The van der Waals surface area contributed by atoms with E-state index in [0.717, 1.165) is 19.3 Å². The van der Waals surface area contributed by atoms with E-state index in [1.807, 2.05) is 0 Å². The minimum atomic E-state index is -2.86. The van der Waals surface area contributed by atoms with E-state index in [4.69, 9.17) is 95.0 Å². The molecule has 441 valence electrons. The molecule has 5 aliphatic heterocycles. The summed E-state index contributed by atoms with van der Waals surface area (Å²) in [6.07, 6.45) is 20.0. The van der Waals surface area contributed by atoms with Crippen LogP contribution in [0.5, 0.6) is 0 Å². The van der Waals surface area contributed by atoms with E-state index in [9.17, 15) is 8.42 Å². The molecule has 8 bridgehead atoms. The van der Waals surface area contributed by atoms with Crippen LogP contribution >= 0.6 is 0 Å². The van der Waals surface area contributed by atoms with Crippen molar-refractivity contribution in [1.82, 2.24) is 42.5 Å². The second-order valence-corrected chi connectivity index (χ2v) is 21.2. The first kappa shape index (κ1) is 70.5. The number of hydrogen-bond donors (Lipinski definition) is 15. The molecule has 0 aromatic rings. The van der Waals surface area contributed by atoms with Crippen molar-refractivity contribution in [2.24, 2.45) is 47.3 Å². The van der Waals surface area contributed by atoms with Crippen molar-refractivity contribution >= 4 is 87.9 Å². The largest absolute Gasteiger partial charge is 0.439 e. The van der Waals surface area contributed by atoms with Crippen LogP contribution in [0.3, 0.4) is 0 Å². The van der Waals surface area contributed by atoms with Gasteiger partial charge in [-0.15, -0.1) is 0 Å². The van der Waals surface area contributed by atoms with E-state index >= 15 is 0 Å². The summed E-state index contributed by atoms with van der Waals surface area (Å²) in [5.74, 6) is 4.16. The molecule has 17 unspecified atom stereocenters. The van der Waals surface area contributed by atoms with Gasteiger partial charge in [-0.25, -0.2) is 0 Å². The Labute approximate surface area is 447 Å². The molecule has 4 aliphatic carbocycles. The minimum absolute atomic E-state index is 0. The molecule has 9 rings (SSSR count). The third-order valence-corrected chi connectivity index (χ3v) is 14.4. The van der Waals surface area contributed by atoms with Crippen LogP contribution in [0.4, 0.5) is 0 Å². The topological polar surface area (TPSA) is 520 Å². The van der Waals surface area contributed by atoms with E-state index in [1.54, 1.807) is 0 Å². The quantitative estimate of drug-likeness (QED) is 0.0760. The minimum Gasteiger partial charge on any atom is -0.439 e. The molecule has 4 saturated carbocycles. The Morgan fingerprint density at radius 2 is 0.452 bits per heavy atom. The fourth-order valence-corrected chi connectivity index (χ4v) is 12.6. The molecule has 73 heavy (non-hydrogen) atoms. The number of rotatable bonds is 2. The Morgan fingerprint density at radius 3 is 0.658 bits per heavy atom. The van der Waals surface area contributed by atoms with Crippen molar-refractivity contribution in [1.29, 1.82) is 0 Å². The maximum absolute atomic E-state index is 11.8. The van der Waals surface area contributed by atoms with Gasteiger partial charge < -0.3 is 103 Å². The number of fused-ring (bicyclic) bond motifs is 20. The van der Waals surface area contributed by atoms with E-state index in [1.165, 1.54) is 77.0 Å². The monoisotopic (exact) mass is 1260 g/mol. The smallest absolute Gasteiger partial charge is 0.0653 e. The van der Waals surface area contributed by atoms with Crippen LogP contribution in [0.2, 0.25) is 0 Å². The Morgan fingerprint density at radius 1 is 0.274 bits per heavy atom. The zero-order valence-corrected chi connectivity index (χ0v) is 45.5. The standard InChI is InChI=1S/C32H55N8O3S.Cu.7HO3S/c41-44(42)43-23-15-7-14-22-24(23)32-39-30-21-13-6-5-12-20(21)28(37-30)35-26-17-9-2-1-8-16(17)25(33-26)34-27-18-10-3-4-11-19(18)29(36-27)38-31(22)40-32;;7*1-4(2)3/h16-40H,1-15H2;;7*(H,1,2,3)/q-1;;7*-1. The van der Waals surface area contributed by atoms with E-state index in [0.29, 0.717) is 59.9 Å². The zero-order valence-electron chi connectivity index (χ0n) is 38.1. The zero-order chi connectivity index (χ0) is 54.4. The van der Waals surface area contributed by atoms with E-state index in [2.05, 4.69) is 42.5 Å². The summed E-state index contributed by atoms with van der Waals surface area (Å²) in [4.78, 5) is 0. The average Bonchev–Trinajstić information content (AvgIpc) is 3.98. The summed E-state index contributed by atoms with van der Waals surface area (Å²) in [5.41, 5.74) is 0. The molecular formula is C32H62CuN8O24S8-8. The molecule has 0 aromatic heterocycles. The van der Waals surface area contributed by atoms with Crippen molar-refractivity contribution in [3.63, 3.8) is 0 Å². The van der Waals surface area contributed by atoms with Crippen LogP contribution < -0.4 is 42.5 Å². The molecule has 15 N–H and O–H groups in total. The molecule has 41 heteroatoms. The summed E-state index contributed by atoms with van der Waals surface area (Å²) >= 11 is 0. The number of nitrogens with one attached hydrogen (secondary N) is 8. The Balaban J connectivity index is 0.000000766. The SMILES string of the molecule is O=[S-](=O)O.O=[S-](=O)O.O=[S-](=O)O.O=[S-](=O)O.O=[S-](=O)O.O=[S-](=O)O.O=[S-](=O)O.O=[S-](=O)OC1CCCC2C3NC4NC(NC5NC(NC6NC(NC(N3)C12)C1CCCCC61)C1CCCCC51)C1CCCCC41.[Cu]. The molecule has 32 nitrogen and oxygen atoms in total. The first-order valence-electron chi connectivity index (χ1n) is 22.1. The van der Waals surface area contributed by atoms with E-state index < -0.39 is 87.9 Å². The molecule has 5 saturated heterocycles.